The topological polar surface area (TPSA) is 68.5 Å². The number of nitrogen functional groups attached to an aromatic ring is 1. The molecule has 0 spiro atoms. The molecular formula is C17H21N3O2. The van der Waals surface area contributed by atoms with E-state index >= 15 is 0 Å². The van der Waals surface area contributed by atoms with Crippen LogP contribution in [0.3, 0.4) is 0 Å². The first kappa shape index (κ1) is 15.8. The standard InChI is InChI=1S/C17H21N3O2/c1-4-15(12-5-7-14(22-3)8-6-12)20(2)17(21)13-9-10-19-16(18)11-13/h5-11,15H,4H2,1-3H3,(H2,18,19)/t15-/m0/s1. The normalized spacial score (nSPS) is 11.8. The van der Waals surface area contributed by atoms with E-state index in [1.54, 1.807) is 37.4 Å². The lowest BCUT2D eigenvalue weighted by molar-refractivity contribution is 0.0726. The Morgan fingerprint density at radius 2 is 2.00 bits per heavy atom. The Kier molecular flexibility index (Phi) is 4.99. The first-order valence-electron chi connectivity index (χ1n) is 7.19. The van der Waals surface area contributed by atoms with Crippen molar-refractivity contribution in [1.82, 2.24) is 9.88 Å². The molecule has 0 saturated heterocycles. The number of benzene rings is 1. The molecule has 1 heterocycles. The molecule has 0 radical (unpaired) electrons. The van der Waals surface area contributed by atoms with Crippen molar-refractivity contribution in [3.05, 3.63) is 53.7 Å². The van der Waals surface area contributed by atoms with Crippen LogP contribution < -0.4 is 10.5 Å². The summed E-state index contributed by atoms with van der Waals surface area (Å²) < 4.78 is 5.17. The molecule has 0 saturated carbocycles. The Labute approximate surface area is 130 Å². The summed E-state index contributed by atoms with van der Waals surface area (Å²) in [4.78, 5) is 18.3. The van der Waals surface area contributed by atoms with Crippen molar-refractivity contribution in [3.63, 3.8) is 0 Å². The number of methoxy groups -OCH3 is 1. The fraction of sp³-hybridized carbons (Fsp3) is 0.294. The summed E-state index contributed by atoms with van der Waals surface area (Å²) in [6.07, 6.45) is 2.36. The SMILES string of the molecule is CC[C@@H](c1ccc(OC)cc1)N(C)C(=O)c1ccnc(N)c1. The van der Waals surface area contributed by atoms with Crippen LogP contribution in [0.1, 0.15) is 35.3 Å². The molecule has 5 heteroatoms. The molecule has 0 aliphatic rings. The molecule has 1 atom stereocenters. The number of carbonyl (C=O) groups is 1. The van der Waals surface area contributed by atoms with Gasteiger partial charge in [-0.25, -0.2) is 4.98 Å². The highest BCUT2D eigenvalue weighted by Gasteiger charge is 2.21. The van der Waals surface area contributed by atoms with Gasteiger partial charge in [0.1, 0.15) is 11.6 Å². The molecule has 2 N–H and O–H groups in total. The van der Waals surface area contributed by atoms with Crippen LogP contribution >= 0.6 is 0 Å². The van der Waals surface area contributed by atoms with Crippen LogP contribution in [0.25, 0.3) is 0 Å². The molecule has 116 valence electrons. The van der Waals surface area contributed by atoms with Gasteiger partial charge in [0.15, 0.2) is 0 Å². The van der Waals surface area contributed by atoms with Gasteiger partial charge in [0.25, 0.3) is 5.91 Å². The van der Waals surface area contributed by atoms with Gasteiger partial charge in [-0.05, 0) is 36.2 Å². The minimum Gasteiger partial charge on any atom is -0.497 e. The van der Waals surface area contributed by atoms with Crippen molar-refractivity contribution < 1.29 is 9.53 Å². The second-order valence-corrected chi connectivity index (χ2v) is 5.08. The number of carbonyl (C=O) groups excluding carboxylic acids is 1. The quantitative estimate of drug-likeness (QED) is 0.921. The van der Waals surface area contributed by atoms with E-state index in [-0.39, 0.29) is 11.9 Å². The van der Waals surface area contributed by atoms with Crippen molar-refractivity contribution >= 4 is 11.7 Å². The summed E-state index contributed by atoms with van der Waals surface area (Å²) >= 11 is 0. The molecule has 0 fully saturated rings. The largest absolute Gasteiger partial charge is 0.497 e. The Morgan fingerprint density at radius 1 is 1.32 bits per heavy atom. The predicted molar refractivity (Wildman–Crippen MR) is 86.8 cm³/mol. The molecule has 1 amide bonds. The van der Waals surface area contributed by atoms with Crippen LogP contribution in [0.15, 0.2) is 42.6 Å². The van der Waals surface area contributed by atoms with Gasteiger partial charge >= 0.3 is 0 Å². The zero-order chi connectivity index (χ0) is 16.1. The first-order chi connectivity index (χ1) is 10.6. The lowest BCUT2D eigenvalue weighted by atomic mass is 10.0. The Hall–Kier alpha value is -2.56. The van der Waals surface area contributed by atoms with Gasteiger partial charge in [-0.1, -0.05) is 19.1 Å². The smallest absolute Gasteiger partial charge is 0.254 e. The molecular weight excluding hydrogens is 278 g/mol. The summed E-state index contributed by atoms with van der Waals surface area (Å²) in [6.45, 7) is 2.06. The number of amides is 1. The molecule has 0 aliphatic heterocycles. The summed E-state index contributed by atoms with van der Waals surface area (Å²) in [7, 11) is 3.44. The van der Waals surface area contributed by atoms with Gasteiger partial charge in [-0.15, -0.1) is 0 Å². The van der Waals surface area contributed by atoms with Crippen LogP contribution in [-0.2, 0) is 0 Å². The van der Waals surface area contributed by atoms with Gasteiger partial charge in [-0.2, -0.15) is 0 Å². The molecule has 22 heavy (non-hydrogen) atoms. The number of hydrogen-bond acceptors (Lipinski definition) is 4. The molecule has 0 bridgehead atoms. The lowest BCUT2D eigenvalue weighted by Gasteiger charge is -2.28. The zero-order valence-corrected chi connectivity index (χ0v) is 13.1. The van der Waals surface area contributed by atoms with Gasteiger partial charge in [0, 0.05) is 18.8 Å². The van der Waals surface area contributed by atoms with E-state index in [0.717, 1.165) is 17.7 Å². The molecule has 5 nitrogen and oxygen atoms in total. The number of hydrogen-bond donors (Lipinski definition) is 1. The summed E-state index contributed by atoms with van der Waals surface area (Å²) in [6, 6.07) is 11.0. The average molecular weight is 299 g/mol. The summed E-state index contributed by atoms with van der Waals surface area (Å²) in [5, 5.41) is 0. The maximum absolute atomic E-state index is 12.6. The summed E-state index contributed by atoms with van der Waals surface area (Å²) in [5.41, 5.74) is 7.27. The van der Waals surface area contributed by atoms with Crippen molar-refractivity contribution in [2.24, 2.45) is 0 Å². The minimum atomic E-state index is -0.0724. The maximum Gasteiger partial charge on any atom is 0.254 e. The fourth-order valence-electron chi connectivity index (χ4n) is 2.49. The second-order valence-electron chi connectivity index (χ2n) is 5.08. The van der Waals surface area contributed by atoms with Crippen molar-refractivity contribution in [2.45, 2.75) is 19.4 Å². The molecule has 2 aromatic rings. The van der Waals surface area contributed by atoms with E-state index in [0.29, 0.717) is 11.4 Å². The maximum atomic E-state index is 12.6. The highest BCUT2D eigenvalue weighted by molar-refractivity contribution is 5.94. The minimum absolute atomic E-state index is 0.00667. The van der Waals surface area contributed by atoms with Gasteiger partial charge in [-0.3, -0.25) is 4.79 Å². The van der Waals surface area contributed by atoms with Crippen LogP contribution in [0.5, 0.6) is 5.75 Å². The van der Waals surface area contributed by atoms with Crippen molar-refractivity contribution in [2.75, 3.05) is 19.9 Å². The van der Waals surface area contributed by atoms with Crippen LogP contribution in [0.4, 0.5) is 5.82 Å². The van der Waals surface area contributed by atoms with Crippen LogP contribution in [0, 0.1) is 0 Å². The average Bonchev–Trinajstić information content (AvgIpc) is 2.55. The number of nitrogens with two attached hydrogens (primary N) is 1. The third kappa shape index (κ3) is 3.36. The highest BCUT2D eigenvalue weighted by Crippen LogP contribution is 2.26. The zero-order valence-electron chi connectivity index (χ0n) is 13.1. The third-order valence-corrected chi connectivity index (χ3v) is 3.70. The molecule has 0 aliphatic carbocycles. The molecule has 2 rings (SSSR count). The van der Waals surface area contributed by atoms with Gasteiger partial charge < -0.3 is 15.4 Å². The fourth-order valence-corrected chi connectivity index (χ4v) is 2.49. The Morgan fingerprint density at radius 3 is 2.55 bits per heavy atom. The second kappa shape index (κ2) is 6.93. The molecule has 1 aromatic carbocycles. The van der Waals surface area contributed by atoms with Crippen LogP contribution in [-0.4, -0.2) is 29.9 Å². The number of rotatable bonds is 5. The van der Waals surface area contributed by atoms with Crippen LogP contribution in [0.2, 0.25) is 0 Å². The summed E-state index contributed by atoms with van der Waals surface area (Å²) in [5.74, 6) is 1.07. The van der Waals surface area contributed by atoms with E-state index in [2.05, 4.69) is 11.9 Å². The Balaban J connectivity index is 2.23. The number of aromatic nitrogens is 1. The van der Waals surface area contributed by atoms with E-state index in [1.165, 1.54) is 0 Å². The van der Waals surface area contributed by atoms with Gasteiger partial charge in [0.05, 0.1) is 13.2 Å². The number of pyridine rings is 1. The molecule has 0 unspecified atom stereocenters. The van der Waals surface area contributed by atoms with E-state index < -0.39 is 0 Å². The number of anilines is 1. The van der Waals surface area contributed by atoms with Gasteiger partial charge in [0.2, 0.25) is 0 Å². The third-order valence-electron chi connectivity index (χ3n) is 3.70. The van der Waals surface area contributed by atoms with Crippen molar-refractivity contribution in [1.29, 1.82) is 0 Å². The predicted octanol–water partition coefficient (Wildman–Crippen LogP) is 2.90. The van der Waals surface area contributed by atoms with Crippen molar-refractivity contribution in [3.8, 4) is 5.75 Å². The lowest BCUT2D eigenvalue weighted by Crippen LogP contribution is -2.31. The molecule has 1 aromatic heterocycles. The Bertz CT molecular complexity index is 641. The van der Waals surface area contributed by atoms with E-state index in [9.17, 15) is 4.79 Å². The number of nitrogens with zero attached hydrogens (tertiary/aromatic N) is 2. The first-order valence-corrected chi connectivity index (χ1v) is 7.19. The van der Waals surface area contributed by atoms with E-state index in [1.807, 2.05) is 24.3 Å². The number of ether oxygens (including phenoxy) is 1. The monoisotopic (exact) mass is 299 g/mol. The van der Waals surface area contributed by atoms with E-state index in [4.69, 9.17) is 10.5 Å². The highest BCUT2D eigenvalue weighted by atomic mass is 16.5.